The van der Waals surface area contributed by atoms with E-state index in [1.54, 1.807) is 36.9 Å². The van der Waals surface area contributed by atoms with Gasteiger partial charge in [0.05, 0.1) is 47.3 Å². The molecule has 2 aliphatic rings. The van der Waals surface area contributed by atoms with Crippen molar-refractivity contribution in [3.8, 4) is 34.3 Å². The van der Waals surface area contributed by atoms with Crippen LogP contribution in [0.4, 0.5) is 24.5 Å². The highest BCUT2D eigenvalue weighted by atomic mass is 32.1. The summed E-state index contributed by atoms with van der Waals surface area (Å²) in [5, 5.41) is 22.7. The molecule has 2 aliphatic heterocycles. The summed E-state index contributed by atoms with van der Waals surface area (Å²) in [6, 6.07) is 25.3. The molecule has 0 radical (unpaired) electrons. The highest BCUT2D eigenvalue weighted by Gasteiger charge is 2.51. The molecule has 18 heteroatoms. The monoisotopic (exact) mass is 1020 g/mol. The molecular formula is C55H59F3N6O8S. The highest BCUT2D eigenvalue weighted by molar-refractivity contribution is 7.81. The van der Waals surface area contributed by atoms with Gasteiger partial charge in [-0.1, -0.05) is 76.2 Å². The number of ketones is 1. The molecule has 0 saturated carbocycles. The molecule has 0 spiro atoms. The molecule has 3 amide bonds. The van der Waals surface area contributed by atoms with Crippen molar-refractivity contribution >= 4 is 52.2 Å². The van der Waals surface area contributed by atoms with Gasteiger partial charge in [0.15, 0.2) is 23.0 Å². The first-order valence-corrected chi connectivity index (χ1v) is 24.4. The molecule has 7 rings (SSSR count). The third-order valence-corrected chi connectivity index (χ3v) is 13.6. The van der Waals surface area contributed by atoms with E-state index in [0.717, 1.165) is 45.0 Å². The second-order valence-corrected chi connectivity index (χ2v) is 20.4. The zero-order valence-corrected chi connectivity index (χ0v) is 42.6. The molecule has 1 aromatic heterocycles. The van der Waals surface area contributed by atoms with Crippen LogP contribution < -0.4 is 19.9 Å². The number of aromatic nitrogens is 1. The summed E-state index contributed by atoms with van der Waals surface area (Å²) in [7, 11) is 0. The minimum absolute atomic E-state index is 0.00272. The molecule has 2 N–H and O–H groups in total. The number of nitrogens with zero attached hydrogens (tertiary/aromatic N) is 5. The Balaban J connectivity index is 0.847. The number of hydrogen-bond acceptors (Lipinski definition) is 11. The Morgan fingerprint density at radius 1 is 0.945 bits per heavy atom. The van der Waals surface area contributed by atoms with Gasteiger partial charge in [-0.3, -0.25) is 24.1 Å². The topological polar surface area (TPSA) is 179 Å². The molecule has 4 atom stereocenters. The van der Waals surface area contributed by atoms with E-state index in [9.17, 15) is 42.7 Å². The van der Waals surface area contributed by atoms with Crippen LogP contribution >= 0.6 is 12.2 Å². The number of aliphatic hydroxyl groups is 1. The molecule has 0 aliphatic carbocycles. The van der Waals surface area contributed by atoms with Gasteiger partial charge in [-0.15, -0.1) is 0 Å². The highest BCUT2D eigenvalue weighted by Crippen LogP contribution is 2.40. The maximum atomic E-state index is 14.1. The van der Waals surface area contributed by atoms with E-state index in [4.69, 9.17) is 26.1 Å². The Hall–Kier alpha value is -6.94. The number of alkyl halides is 3. The number of rotatable bonds is 18. The number of anilines is 2. The Bertz CT molecular complexity index is 2870. The van der Waals surface area contributed by atoms with Crippen molar-refractivity contribution in [1.29, 1.82) is 5.26 Å². The number of β-amino-alcohol motifs (C(OH)–C–C–N with tert-alkyl or cyclic N) is 1. The fraction of sp³-hybridized carbons (Fsp3) is 0.400. The number of ether oxygens (including phenoxy) is 2. The van der Waals surface area contributed by atoms with Crippen molar-refractivity contribution in [2.24, 2.45) is 5.41 Å². The van der Waals surface area contributed by atoms with Crippen LogP contribution in [0.3, 0.4) is 0 Å². The van der Waals surface area contributed by atoms with Gasteiger partial charge in [0.25, 0.3) is 5.91 Å². The van der Waals surface area contributed by atoms with Crippen LogP contribution in [0.5, 0.6) is 5.75 Å². The minimum atomic E-state index is -4.81. The average Bonchev–Trinajstić information content (AvgIpc) is 4.01. The number of benzene rings is 4. The number of carbonyl (C=O) groups excluding carboxylic acids is 4. The predicted octanol–water partition coefficient (Wildman–Crippen LogP) is 9.56. The Kier molecular flexibility index (Phi) is 16.3. The van der Waals surface area contributed by atoms with Gasteiger partial charge in [-0.2, -0.15) is 18.4 Å². The standard InChI is InChI=1S/C55H59F3N6O8S/c1-33(35-10-12-38(13-11-35)48-34(2)60-32-72-48)26-46(66)45-28-42(65)30-62(45)50(68)49(53(3,4)5)61-47(67)31-70-24-8-9-25-71-43-22-17-37(18-23-43)36-14-19-40(20-15-36)64-52(73)63(51(69)54(64,6)7)41-21-16-39(29-59)44(27-41)55(56,57)58/h10-23,27,32-33,42,45,49,65H,8-9,24-26,28,30-31H2,1-7H3,(H,61,67)/t33-,42-,45+,49-/m1/s1. The van der Waals surface area contributed by atoms with Gasteiger partial charge in [0, 0.05) is 37.2 Å². The molecule has 5 aromatic rings. The SMILES string of the molecule is Cc1ncoc1-c1ccc([C@H](C)CC(=O)[C@@H]2C[C@@H](O)CN2C(=O)[C@@H](NC(=O)COCCCCOc2ccc(-c3ccc(N4C(=S)N(c5ccc(C#N)c(C(F)(F)F)c5)C(=O)C4(C)C)cc3)cc2)C(C)(C)C)cc1. The van der Waals surface area contributed by atoms with Crippen LogP contribution in [0.15, 0.2) is 102 Å². The number of amides is 3. The number of aliphatic hydroxyl groups excluding tert-OH is 1. The van der Waals surface area contributed by atoms with Crippen molar-refractivity contribution in [1.82, 2.24) is 15.2 Å². The largest absolute Gasteiger partial charge is 0.494 e. The molecule has 4 aromatic carbocycles. The summed E-state index contributed by atoms with van der Waals surface area (Å²) in [5.74, 6) is -0.416. The zero-order chi connectivity index (χ0) is 53.0. The van der Waals surface area contributed by atoms with Gasteiger partial charge in [0.2, 0.25) is 11.8 Å². The molecule has 384 valence electrons. The van der Waals surface area contributed by atoms with Crippen LogP contribution in [0.2, 0.25) is 0 Å². The van der Waals surface area contributed by atoms with Crippen LogP contribution in [0, 0.1) is 23.7 Å². The van der Waals surface area contributed by atoms with Crippen molar-refractivity contribution in [3.63, 3.8) is 0 Å². The number of likely N-dealkylation sites (tertiary alicyclic amines) is 1. The van der Waals surface area contributed by atoms with Crippen molar-refractivity contribution in [3.05, 3.63) is 120 Å². The molecule has 3 heterocycles. The maximum Gasteiger partial charge on any atom is 0.417 e. The number of nitriles is 1. The zero-order valence-electron chi connectivity index (χ0n) is 41.8. The minimum Gasteiger partial charge on any atom is -0.494 e. The van der Waals surface area contributed by atoms with Crippen molar-refractivity contribution in [2.45, 2.75) is 110 Å². The lowest BCUT2D eigenvalue weighted by molar-refractivity contribution is -0.144. The number of carbonyl (C=O) groups is 4. The number of halogens is 3. The number of unbranched alkanes of at least 4 members (excludes halogenated alkanes) is 1. The number of oxazole rings is 1. The first-order chi connectivity index (χ1) is 34.5. The van der Waals surface area contributed by atoms with Crippen LogP contribution in [-0.4, -0.2) is 93.7 Å². The quantitative estimate of drug-likeness (QED) is 0.0628. The third-order valence-electron chi connectivity index (χ3n) is 13.2. The van der Waals surface area contributed by atoms with Gasteiger partial charge >= 0.3 is 6.18 Å². The number of thiocarbonyl (C=S) groups is 1. The number of Topliss-reactive ketones (excluding diaryl/α,β-unsaturated/α-hetero) is 1. The molecule has 0 bridgehead atoms. The van der Waals surface area contributed by atoms with Crippen molar-refractivity contribution < 1.29 is 51.3 Å². The lowest BCUT2D eigenvalue weighted by Crippen LogP contribution is -2.57. The summed E-state index contributed by atoms with van der Waals surface area (Å²) in [4.78, 5) is 62.8. The summed E-state index contributed by atoms with van der Waals surface area (Å²) in [6.07, 6.45) is -2.77. The lowest BCUT2D eigenvalue weighted by Gasteiger charge is -2.35. The Morgan fingerprint density at radius 3 is 2.16 bits per heavy atom. The first kappa shape index (κ1) is 53.8. The number of nitrogens with one attached hydrogen (secondary N) is 1. The van der Waals surface area contributed by atoms with Gasteiger partial charge in [-0.05, 0) is 116 Å². The second-order valence-electron chi connectivity index (χ2n) is 20.1. The molecule has 0 unspecified atom stereocenters. The molecule has 14 nitrogen and oxygen atoms in total. The number of aryl methyl sites for hydroxylation is 1. The maximum absolute atomic E-state index is 14.1. The summed E-state index contributed by atoms with van der Waals surface area (Å²) < 4.78 is 58.4. The van der Waals surface area contributed by atoms with Gasteiger partial charge in [-0.25, -0.2) is 4.98 Å². The smallest absolute Gasteiger partial charge is 0.417 e. The van der Waals surface area contributed by atoms with Gasteiger partial charge < -0.3 is 34.1 Å². The normalized spacial score (nSPS) is 17.6. The predicted molar refractivity (Wildman–Crippen MR) is 272 cm³/mol. The summed E-state index contributed by atoms with van der Waals surface area (Å²) in [5.41, 5.74) is 1.17. The molecule has 2 fully saturated rings. The summed E-state index contributed by atoms with van der Waals surface area (Å²) in [6.45, 7) is 13.0. The third kappa shape index (κ3) is 12.1. The fourth-order valence-electron chi connectivity index (χ4n) is 9.14. The van der Waals surface area contributed by atoms with E-state index in [1.165, 1.54) is 17.4 Å². The van der Waals surface area contributed by atoms with E-state index < -0.39 is 64.2 Å². The first-order valence-electron chi connectivity index (χ1n) is 24.0. The lowest BCUT2D eigenvalue weighted by atomic mass is 9.85. The molecule has 2 saturated heterocycles. The Morgan fingerprint density at radius 2 is 1.56 bits per heavy atom. The van der Waals surface area contributed by atoms with E-state index in [0.29, 0.717) is 36.6 Å². The molecular weight excluding hydrogens is 962 g/mol. The van der Waals surface area contributed by atoms with Crippen LogP contribution in [0.1, 0.15) is 95.5 Å². The van der Waals surface area contributed by atoms with Gasteiger partial charge in [0.1, 0.15) is 23.9 Å². The van der Waals surface area contributed by atoms with Crippen molar-refractivity contribution in [2.75, 3.05) is 36.2 Å². The summed E-state index contributed by atoms with van der Waals surface area (Å²) >= 11 is 5.67. The van der Waals surface area contributed by atoms with Crippen LogP contribution in [0.25, 0.3) is 22.5 Å². The van der Waals surface area contributed by atoms with E-state index in [2.05, 4.69) is 10.3 Å². The Labute approximate surface area is 428 Å². The second kappa shape index (κ2) is 22.0. The van der Waals surface area contributed by atoms with E-state index in [-0.39, 0.29) is 55.1 Å². The van der Waals surface area contributed by atoms with E-state index in [1.807, 2.05) is 95.3 Å². The van der Waals surface area contributed by atoms with Crippen LogP contribution in [-0.2, 0) is 30.1 Å². The number of hydrogen-bond donors (Lipinski definition) is 2. The average molecular weight is 1020 g/mol. The molecule has 73 heavy (non-hydrogen) atoms. The fourth-order valence-corrected chi connectivity index (χ4v) is 9.67. The van der Waals surface area contributed by atoms with E-state index >= 15 is 0 Å².